The number of benzene rings is 1. The van der Waals surface area contributed by atoms with E-state index in [1.807, 2.05) is 0 Å². The molecule has 5 nitrogen and oxygen atoms in total. The van der Waals surface area contributed by atoms with Gasteiger partial charge in [-0.25, -0.2) is 0 Å². The van der Waals surface area contributed by atoms with Crippen molar-refractivity contribution < 1.29 is 14.4 Å². The zero-order valence-electron chi connectivity index (χ0n) is 8.39. The molecule has 0 N–H and O–H groups in total. The van der Waals surface area contributed by atoms with Gasteiger partial charge in [0.25, 0.3) is 5.69 Å². The third kappa shape index (κ3) is 2.51. The van der Waals surface area contributed by atoms with Crippen molar-refractivity contribution >= 4 is 21.6 Å². The van der Waals surface area contributed by atoms with E-state index >= 15 is 0 Å². The zero-order chi connectivity index (χ0) is 11.5. The fraction of sp³-hybridized carbons (Fsp3) is 0.400. The first kappa shape index (κ1) is 11.3. The highest BCUT2D eigenvalue weighted by atomic mass is 79.9. The number of nitro groups is 1. The summed E-state index contributed by atoms with van der Waals surface area (Å²) in [6.07, 6.45) is 0.799. The van der Waals surface area contributed by atoms with Crippen LogP contribution in [-0.2, 0) is 4.74 Å². The van der Waals surface area contributed by atoms with Gasteiger partial charge in [-0.3, -0.25) is 10.1 Å². The van der Waals surface area contributed by atoms with Crippen LogP contribution in [0, 0.1) is 10.1 Å². The molecule has 0 aliphatic carbocycles. The molecule has 1 unspecified atom stereocenters. The summed E-state index contributed by atoms with van der Waals surface area (Å²) in [5, 5.41) is 10.6. The van der Waals surface area contributed by atoms with Gasteiger partial charge in [-0.05, 0) is 22.0 Å². The van der Waals surface area contributed by atoms with E-state index in [9.17, 15) is 10.1 Å². The van der Waals surface area contributed by atoms with Gasteiger partial charge in [0.15, 0.2) is 0 Å². The summed E-state index contributed by atoms with van der Waals surface area (Å²) in [7, 11) is 0. The first-order valence-corrected chi connectivity index (χ1v) is 5.64. The van der Waals surface area contributed by atoms with Crippen LogP contribution in [0.3, 0.4) is 0 Å². The summed E-state index contributed by atoms with van der Waals surface area (Å²) in [6, 6.07) is 4.47. The SMILES string of the molecule is O=[N+]([O-])c1ccc(Br)c(OC2CCOC2)c1. The lowest BCUT2D eigenvalue weighted by Gasteiger charge is -2.12. The lowest BCUT2D eigenvalue weighted by Crippen LogP contribution is -2.16. The molecule has 1 fully saturated rings. The van der Waals surface area contributed by atoms with Crippen molar-refractivity contribution in [2.75, 3.05) is 13.2 Å². The van der Waals surface area contributed by atoms with Crippen LogP contribution >= 0.6 is 15.9 Å². The number of non-ortho nitro benzene ring substituents is 1. The third-order valence-electron chi connectivity index (χ3n) is 2.31. The predicted molar refractivity (Wildman–Crippen MR) is 60.6 cm³/mol. The quantitative estimate of drug-likeness (QED) is 0.633. The fourth-order valence-electron chi connectivity index (χ4n) is 1.48. The molecule has 0 amide bonds. The van der Waals surface area contributed by atoms with E-state index in [0.717, 1.165) is 6.42 Å². The van der Waals surface area contributed by atoms with Crippen LogP contribution in [0.5, 0.6) is 5.75 Å². The Kier molecular flexibility index (Phi) is 3.40. The lowest BCUT2D eigenvalue weighted by molar-refractivity contribution is -0.385. The van der Waals surface area contributed by atoms with Gasteiger partial charge < -0.3 is 9.47 Å². The first-order chi connectivity index (χ1) is 7.66. The molecule has 0 bridgehead atoms. The van der Waals surface area contributed by atoms with Gasteiger partial charge in [0.1, 0.15) is 11.9 Å². The molecule has 1 aromatic rings. The minimum Gasteiger partial charge on any atom is -0.486 e. The van der Waals surface area contributed by atoms with Crippen molar-refractivity contribution in [3.05, 3.63) is 32.8 Å². The van der Waals surface area contributed by atoms with E-state index in [-0.39, 0.29) is 11.8 Å². The maximum absolute atomic E-state index is 10.6. The second-order valence-electron chi connectivity index (χ2n) is 3.48. The second-order valence-corrected chi connectivity index (χ2v) is 4.33. The lowest BCUT2D eigenvalue weighted by atomic mass is 10.3. The van der Waals surface area contributed by atoms with Gasteiger partial charge in [0, 0.05) is 12.5 Å². The Morgan fingerprint density at radius 2 is 2.38 bits per heavy atom. The van der Waals surface area contributed by atoms with Gasteiger partial charge >= 0.3 is 0 Å². The van der Waals surface area contributed by atoms with Crippen molar-refractivity contribution in [3.63, 3.8) is 0 Å². The van der Waals surface area contributed by atoms with Gasteiger partial charge in [-0.2, -0.15) is 0 Å². The average molecular weight is 288 g/mol. The van der Waals surface area contributed by atoms with E-state index in [4.69, 9.17) is 9.47 Å². The van der Waals surface area contributed by atoms with Crippen LogP contribution in [-0.4, -0.2) is 24.2 Å². The third-order valence-corrected chi connectivity index (χ3v) is 2.96. The van der Waals surface area contributed by atoms with E-state index in [0.29, 0.717) is 23.4 Å². The molecular formula is C10H10BrNO4. The molecule has 1 aliphatic heterocycles. The molecule has 0 radical (unpaired) electrons. The van der Waals surface area contributed by atoms with Gasteiger partial charge in [0.05, 0.1) is 28.7 Å². The Hall–Kier alpha value is -1.14. The normalized spacial score (nSPS) is 19.7. The minimum atomic E-state index is -0.440. The summed E-state index contributed by atoms with van der Waals surface area (Å²) >= 11 is 3.30. The molecule has 2 rings (SSSR count). The maximum atomic E-state index is 10.6. The summed E-state index contributed by atoms with van der Waals surface area (Å²) in [6.45, 7) is 1.21. The number of nitro benzene ring substituents is 1. The molecule has 1 aromatic carbocycles. The van der Waals surface area contributed by atoms with Gasteiger partial charge in [0.2, 0.25) is 0 Å². The summed E-state index contributed by atoms with van der Waals surface area (Å²) in [5.74, 6) is 0.490. The Morgan fingerprint density at radius 3 is 3.00 bits per heavy atom. The minimum absolute atomic E-state index is 0.0155. The van der Waals surface area contributed by atoms with Crippen LogP contribution in [0.4, 0.5) is 5.69 Å². The average Bonchev–Trinajstić information content (AvgIpc) is 2.73. The monoisotopic (exact) mass is 287 g/mol. The molecule has 16 heavy (non-hydrogen) atoms. The molecule has 1 aliphatic rings. The van der Waals surface area contributed by atoms with Crippen LogP contribution in [0.15, 0.2) is 22.7 Å². The number of hydrogen-bond donors (Lipinski definition) is 0. The number of rotatable bonds is 3. The second kappa shape index (κ2) is 4.80. The Morgan fingerprint density at radius 1 is 1.56 bits per heavy atom. The van der Waals surface area contributed by atoms with Crippen molar-refractivity contribution in [2.45, 2.75) is 12.5 Å². The number of nitrogens with zero attached hydrogens (tertiary/aromatic N) is 1. The van der Waals surface area contributed by atoms with Crippen LogP contribution in [0.25, 0.3) is 0 Å². The molecule has 1 heterocycles. The molecular weight excluding hydrogens is 278 g/mol. The zero-order valence-corrected chi connectivity index (χ0v) is 9.97. The molecule has 0 aromatic heterocycles. The standard InChI is InChI=1S/C10H10BrNO4/c11-9-2-1-7(12(13)14)5-10(9)16-8-3-4-15-6-8/h1-2,5,8H,3-4,6H2. The Bertz CT molecular complexity index is 404. The Labute approximate surface area is 101 Å². The number of hydrogen-bond acceptors (Lipinski definition) is 4. The molecule has 6 heteroatoms. The highest BCUT2D eigenvalue weighted by Crippen LogP contribution is 2.30. The van der Waals surface area contributed by atoms with Crippen molar-refractivity contribution in [3.8, 4) is 5.75 Å². The summed E-state index contributed by atoms with van der Waals surface area (Å²) in [4.78, 5) is 10.2. The largest absolute Gasteiger partial charge is 0.486 e. The molecule has 0 saturated carbocycles. The number of halogens is 1. The first-order valence-electron chi connectivity index (χ1n) is 4.85. The highest BCUT2D eigenvalue weighted by molar-refractivity contribution is 9.10. The highest BCUT2D eigenvalue weighted by Gasteiger charge is 2.19. The molecule has 1 atom stereocenters. The summed E-state index contributed by atoms with van der Waals surface area (Å²) in [5.41, 5.74) is 0.0251. The molecule has 86 valence electrons. The van der Waals surface area contributed by atoms with E-state index in [1.54, 1.807) is 6.07 Å². The smallest absolute Gasteiger partial charge is 0.273 e. The van der Waals surface area contributed by atoms with Crippen molar-refractivity contribution in [1.29, 1.82) is 0 Å². The van der Waals surface area contributed by atoms with E-state index < -0.39 is 4.92 Å². The van der Waals surface area contributed by atoms with Crippen LogP contribution < -0.4 is 4.74 Å². The van der Waals surface area contributed by atoms with Crippen molar-refractivity contribution in [2.24, 2.45) is 0 Å². The number of ether oxygens (including phenoxy) is 2. The van der Waals surface area contributed by atoms with Crippen molar-refractivity contribution in [1.82, 2.24) is 0 Å². The van der Waals surface area contributed by atoms with E-state index in [1.165, 1.54) is 12.1 Å². The fourth-order valence-corrected chi connectivity index (χ4v) is 1.82. The van der Waals surface area contributed by atoms with Crippen LogP contribution in [0.1, 0.15) is 6.42 Å². The predicted octanol–water partition coefficient (Wildman–Crippen LogP) is 2.53. The molecule has 0 spiro atoms. The van der Waals surface area contributed by atoms with Crippen LogP contribution in [0.2, 0.25) is 0 Å². The topological polar surface area (TPSA) is 61.6 Å². The maximum Gasteiger partial charge on any atom is 0.273 e. The molecule has 1 saturated heterocycles. The van der Waals surface area contributed by atoms with Gasteiger partial charge in [-0.1, -0.05) is 0 Å². The van der Waals surface area contributed by atoms with Gasteiger partial charge in [-0.15, -0.1) is 0 Å². The summed E-state index contributed by atoms with van der Waals surface area (Å²) < 4.78 is 11.5. The van der Waals surface area contributed by atoms with E-state index in [2.05, 4.69) is 15.9 Å². The Balaban J connectivity index is 2.17.